The Balaban J connectivity index is 1.50. The molecule has 0 amide bonds. The largest absolute Gasteiger partial charge is 0.390 e. The summed E-state index contributed by atoms with van der Waals surface area (Å²) in [5.74, 6) is 5.41. The highest BCUT2D eigenvalue weighted by Gasteiger charge is 2.59. The molecular weight excluding hydrogens is 352 g/mol. The minimum absolute atomic E-state index is 0.369. The van der Waals surface area contributed by atoms with Crippen molar-refractivity contribution in [3.8, 4) is 0 Å². The summed E-state index contributed by atoms with van der Waals surface area (Å²) in [7, 11) is 0. The van der Waals surface area contributed by atoms with Gasteiger partial charge in [0.25, 0.3) is 0 Å². The van der Waals surface area contributed by atoms with Crippen molar-refractivity contribution in [2.75, 3.05) is 0 Å². The Bertz CT molecular complexity index is 630. The van der Waals surface area contributed by atoms with E-state index >= 15 is 0 Å². The van der Waals surface area contributed by atoms with Gasteiger partial charge in [-0.3, -0.25) is 0 Å². The average molecular weight is 401 g/mol. The quantitative estimate of drug-likeness (QED) is 0.467. The second-order valence-corrected chi connectivity index (χ2v) is 13.0. The highest BCUT2D eigenvalue weighted by molar-refractivity contribution is 5.26. The first kappa shape index (κ1) is 21.9. The van der Waals surface area contributed by atoms with Crippen LogP contribution in [0.15, 0.2) is 11.6 Å². The molecule has 0 spiro atoms. The van der Waals surface area contributed by atoms with Gasteiger partial charge in [0.05, 0.1) is 5.60 Å². The third-order valence-electron chi connectivity index (χ3n) is 10.6. The van der Waals surface area contributed by atoms with Crippen LogP contribution in [0.2, 0.25) is 0 Å². The van der Waals surface area contributed by atoms with E-state index in [0.717, 1.165) is 48.3 Å². The van der Waals surface area contributed by atoms with E-state index in [1.807, 2.05) is 0 Å². The van der Waals surface area contributed by atoms with E-state index in [1.54, 1.807) is 5.57 Å². The van der Waals surface area contributed by atoms with Crippen molar-refractivity contribution in [1.29, 1.82) is 0 Å². The maximum Gasteiger partial charge on any atom is 0.0657 e. The van der Waals surface area contributed by atoms with Gasteiger partial charge in [0.15, 0.2) is 0 Å². The molecule has 4 rings (SSSR count). The lowest BCUT2D eigenvalue weighted by atomic mass is 9.46. The normalized spacial score (nSPS) is 47.9. The van der Waals surface area contributed by atoms with E-state index in [4.69, 9.17) is 0 Å². The van der Waals surface area contributed by atoms with E-state index in [-0.39, 0.29) is 0 Å². The Morgan fingerprint density at radius 1 is 0.966 bits per heavy atom. The molecule has 0 saturated heterocycles. The maximum absolute atomic E-state index is 10.7. The first-order chi connectivity index (χ1) is 13.6. The summed E-state index contributed by atoms with van der Waals surface area (Å²) in [6.07, 6.45) is 17.1. The van der Waals surface area contributed by atoms with Gasteiger partial charge >= 0.3 is 0 Å². The molecule has 0 aromatic heterocycles. The van der Waals surface area contributed by atoms with Gasteiger partial charge in [0.1, 0.15) is 0 Å². The molecule has 166 valence electrons. The molecule has 1 N–H and O–H groups in total. The number of hydrogen-bond acceptors (Lipinski definition) is 1. The third-order valence-corrected chi connectivity index (χ3v) is 10.6. The number of hydrogen-bond donors (Lipinski definition) is 1. The third kappa shape index (κ3) is 3.77. The Labute approximate surface area is 181 Å². The summed E-state index contributed by atoms with van der Waals surface area (Å²) < 4.78 is 0. The van der Waals surface area contributed by atoms with Crippen molar-refractivity contribution in [1.82, 2.24) is 0 Å². The van der Waals surface area contributed by atoms with Gasteiger partial charge in [0, 0.05) is 0 Å². The molecule has 0 unspecified atom stereocenters. The van der Waals surface area contributed by atoms with Crippen LogP contribution in [0.1, 0.15) is 112 Å². The van der Waals surface area contributed by atoms with E-state index in [2.05, 4.69) is 47.6 Å². The minimum Gasteiger partial charge on any atom is -0.390 e. The number of fused-ring (bicyclic) bond motifs is 5. The number of aliphatic hydroxyl groups is 1. The summed E-state index contributed by atoms with van der Waals surface area (Å²) in [5.41, 5.74) is 2.09. The van der Waals surface area contributed by atoms with Crippen molar-refractivity contribution in [2.45, 2.75) is 118 Å². The fourth-order valence-corrected chi connectivity index (χ4v) is 8.83. The van der Waals surface area contributed by atoms with Gasteiger partial charge in [-0.05, 0) is 105 Å². The summed E-state index contributed by atoms with van der Waals surface area (Å²) >= 11 is 0. The van der Waals surface area contributed by atoms with Crippen LogP contribution in [0.25, 0.3) is 0 Å². The SMILES string of the molecule is CC(C)CCC[C@@H](C)[C@@H]1CC[C@@H]2[C@@H]3CC=C4C[C@@](C)(O)CC[C@]4(C)[C@@H]3CC[C@@]21C. The molecule has 4 aliphatic rings. The Morgan fingerprint density at radius 2 is 1.72 bits per heavy atom. The zero-order chi connectivity index (χ0) is 21.0. The lowest BCUT2D eigenvalue weighted by Gasteiger charge is -2.59. The van der Waals surface area contributed by atoms with E-state index in [9.17, 15) is 5.11 Å². The Kier molecular flexibility index (Phi) is 5.81. The van der Waals surface area contributed by atoms with Crippen molar-refractivity contribution < 1.29 is 5.11 Å². The highest BCUT2D eigenvalue weighted by atomic mass is 16.3. The standard InChI is InChI=1S/C28H48O/c1-19(2)8-7-9-20(3)23-12-13-24-22-11-10-21-18-26(4,29)16-17-27(21,5)25(22)14-15-28(23,24)6/h10,19-20,22-25,29H,7-9,11-18H2,1-6H3/t20-,22+,23+,24-,25-,26+,27+,28-/m1/s1. The van der Waals surface area contributed by atoms with Crippen LogP contribution in [-0.2, 0) is 0 Å². The molecule has 0 aliphatic heterocycles. The highest BCUT2D eigenvalue weighted by Crippen LogP contribution is 2.67. The Hall–Kier alpha value is -0.300. The van der Waals surface area contributed by atoms with Crippen molar-refractivity contribution >= 4 is 0 Å². The van der Waals surface area contributed by atoms with Crippen LogP contribution >= 0.6 is 0 Å². The zero-order valence-corrected chi connectivity index (χ0v) is 20.3. The summed E-state index contributed by atoms with van der Waals surface area (Å²) in [6, 6.07) is 0. The second-order valence-electron chi connectivity index (χ2n) is 13.0. The van der Waals surface area contributed by atoms with Crippen molar-refractivity contribution in [2.24, 2.45) is 46.3 Å². The van der Waals surface area contributed by atoms with Gasteiger partial charge in [-0.15, -0.1) is 0 Å². The molecule has 1 heteroatoms. The van der Waals surface area contributed by atoms with Crippen LogP contribution < -0.4 is 0 Å². The average Bonchev–Trinajstić information content (AvgIpc) is 2.99. The zero-order valence-electron chi connectivity index (χ0n) is 20.3. The topological polar surface area (TPSA) is 20.2 Å². The summed E-state index contributed by atoms with van der Waals surface area (Å²) in [6.45, 7) is 14.6. The lowest BCUT2D eigenvalue weighted by molar-refractivity contribution is -0.0705. The fraction of sp³-hybridized carbons (Fsp3) is 0.929. The van der Waals surface area contributed by atoms with Crippen molar-refractivity contribution in [3.63, 3.8) is 0 Å². The van der Waals surface area contributed by atoms with E-state index < -0.39 is 5.60 Å². The first-order valence-corrected chi connectivity index (χ1v) is 13.0. The predicted octanol–water partition coefficient (Wildman–Crippen LogP) is 7.78. The smallest absolute Gasteiger partial charge is 0.0657 e. The molecule has 0 bridgehead atoms. The minimum atomic E-state index is -0.467. The Morgan fingerprint density at radius 3 is 2.45 bits per heavy atom. The van der Waals surface area contributed by atoms with Crippen LogP contribution in [-0.4, -0.2) is 10.7 Å². The molecular formula is C28H48O. The second kappa shape index (κ2) is 7.68. The van der Waals surface area contributed by atoms with Crippen LogP contribution in [0, 0.1) is 46.3 Å². The van der Waals surface area contributed by atoms with Gasteiger partial charge in [-0.1, -0.05) is 65.5 Å². The molecule has 4 aliphatic carbocycles. The molecule has 3 fully saturated rings. The summed E-state index contributed by atoms with van der Waals surface area (Å²) in [5, 5.41) is 10.7. The monoisotopic (exact) mass is 400 g/mol. The molecule has 0 aromatic rings. The van der Waals surface area contributed by atoms with Crippen molar-refractivity contribution in [3.05, 3.63) is 11.6 Å². The van der Waals surface area contributed by atoms with Crippen LogP contribution in [0.4, 0.5) is 0 Å². The predicted molar refractivity (Wildman–Crippen MR) is 124 cm³/mol. The van der Waals surface area contributed by atoms with E-state index in [1.165, 1.54) is 57.8 Å². The van der Waals surface area contributed by atoms with Gasteiger partial charge < -0.3 is 5.11 Å². The van der Waals surface area contributed by atoms with Crippen LogP contribution in [0.3, 0.4) is 0 Å². The summed E-state index contributed by atoms with van der Waals surface area (Å²) in [4.78, 5) is 0. The molecule has 0 radical (unpaired) electrons. The molecule has 29 heavy (non-hydrogen) atoms. The van der Waals surface area contributed by atoms with Crippen LogP contribution in [0.5, 0.6) is 0 Å². The van der Waals surface area contributed by atoms with Gasteiger partial charge in [-0.25, -0.2) is 0 Å². The van der Waals surface area contributed by atoms with Gasteiger partial charge in [-0.2, -0.15) is 0 Å². The number of allylic oxidation sites excluding steroid dienone is 1. The van der Waals surface area contributed by atoms with E-state index in [0.29, 0.717) is 10.8 Å². The molecule has 3 saturated carbocycles. The molecule has 0 aromatic carbocycles. The maximum atomic E-state index is 10.7. The fourth-order valence-electron chi connectivity index (χ4n) is 8.83. The lowest BCUT2D eigenvalue weighted by Crippen LogP contribution is -2.52. The van der Waals surface area contributed by atoms with Gasteiger partial charge in [0.2, 0.25) is 0 Å². The first-order valence-electron chi connectivity index (χ1n) is 13.0. The molecule has 8 atom stereocenters. The molecule has 1 nitrogen and oxygen atoms in total. The molecule has 0 heterocycles. The number of rotatable bonds is 5.